The maximum atomic E-state index is 12.7. The molecule has 2 aliphatic heterocycles. The molecule has 9 heteroatoms. The second-order valence-corrected chi connectivity index (χ2v) is 9.38. The molecule has 0 fully saturated rings. The smallest absolute Gasteiger partial charge is 0.283 e. The number of rotatable bonds is 3. The number of hydrogen-bond acceptors (Lipinski definition) is 5. The maximum absolute atomic E-state index is 12.7. The number of halogens is 1. The van der Waals surface area contributed by atoms with E-state index in [0.29, 0.717) is 10.2 Å². The summed E-state index contributed by atoms with van der Waals surface area (Å²) >= 11 is 8.89. The van der Waals surface area contributed by atoms with Crippen molar-refractivity contribution in [2.24, 2.45) is 10.1 Å². The Balaban J connectivity index is 1.52. The van der Waals surface area contributed by atoms with Gasteiger partial charge in [0.2, 0.25) is 5.17 Å². The van der Waals surface area contributed by atoms with E-state index in [0.717, 1.165) is 32.6 Å². The van der Waals surface area contributed by atoms with Gasteiger partial charge >= 0.3 is 0 Å². The average Bonchev–Trinajstić information content (AvgIpc) is 3.46. The number of hydrogen-bond donors (Lipinski definition) is 1. The summed E-state index contributed by atoms with van der Waals surface area (Å²) in [6.07, 6.45) is 1.73. The zero-order valence-electron chi connectivity index (χ0n) is 16.6. The van der Waals surface area contributed by atoms with Crippen LogP contribution in [0.15, 0.2) is 63.5 Å². The lowest BCUT2D eigenvalue weighted by Gasteiger charge is -2.20. The first-order valence-corrected chi connectivity index (χ1v) is 11.5. The van der Waals surface area contributed by atoms with Crippen LogP contribution in [0.4, 0.5) is 0 Å². The molecule has 0 bridgehead atoms. The molecule has 4 heterocycles. The summed E-state index contributed by atoms with van der Waals surface area (Å²) in [6.45, 7) is 3.99. The van der Waals surface area contributed by atoms with E-state index in [1.54, 1.807) is 17.4 Å². The summed E-state index contributed by atoms with van der Waals surface area (Å²) in [7, 11) is 0. The SMILES string of the molecule is Cc1cc(/C=C2\C(=N)N3N=C(c4cccs4)SC3=NC2=O)c(C)n1-c1ccc(Cl)cc1. The van der Waals surface area contributed by atoms with Crippen molar-refractivity contribution in [2.75, 3.05) is 0 Å². The zero-order chi connectivity index (χ0) is 21.7. The molecule has 154 valence electrons. The number of nitrogens with one attached hydrogen (secondary N) is 1. The van der Waals surface area contributed by atoms with Crippen LogP contribution in [-0.2, 0) is 4.79 Å². The third-order valence-electron chi connectivity index (χ3n) is 5.04. The minimum absolute atomic E-state index is 0.0327. The third-order valence-corrected chi connectivity index (χ3v) is 7.24. The van der Waals surface area contributed by atoms with Gasteiger partial charge in [0.15, 0.2) is 5.84 Å². The van der Waals surface area contributed by atoms with Gasteiger partial charge in [0.1, 0.15) is 5.04 Å². The molecule has 1 N–H and O–H groups in total. The molecule has 0 unspecified atom stereocenters. The Morgan fingerprint density at radius 2 is 1.94 bits per heavy atom. The van der Waals surface area contributed by atoms with Crippen LogP contribution in [0.25, 0.3) is 11.8 Å². The average molecular weight is 466 g/mol. The van der Waals surface area contributed by atoms with Crippen molar-refractivity contribution in [3.05, 3.63) is 80.3 Å². The van der Waals surface area contributed by atoms with Gasteiger partial charge in [-0.05, 0) is 79.0 Å². The van der Waals surface area contributed by atoms with Crippen LogP contribution < -0.4 is 0 Å². The van der Waals surface area contributed by atoms with Gasteiger partial charge in [-0.1, -0.05) is 17.7 Å². The van der Waals surface area contributed by atoms with E-state index in [9.17, 15) is 4.79 Å². The lowest BCUT2D eigenvalue weighted by molar-refractivity contribution is -0.114. The molecule has 1 amide bonds. The lowest BCUT2D eigenvalue weighted by Crippen LogP contribution is -2.35. The molecule has 0 aliphatic carbocycles. The zero-order valence-corrected chi connectivity index (χ0v) is 19.0. The summed E-state index contributed by atoms with van der Waals surface area (Å²) in [5.41, 5.74) is 4.03. The van der Waals surface area contributed by atoms with E-state index in [-0.39, 0.29) is 11.4 Å². The minimum atomic E-state index is -0.428. The van der Waals surface area contributed by atoms with Gasteiger partial charge in [-0.2, -0.15) is 15.1 Å². The van der Waals surface area contributed by atoms with Crippen molar-refractivity contribution < 1.29 is 4.79 Å². The molecule has 2 aliphatic rings. The topological polar surface area (TPSA) is 73.8 Å². The second-order valence-electron chi connectivity index (χ2n) is 7.04. The van der Waals surface area contributed by atoms with Crippen LogP contribution in [0, 0.1) is 19.3 Å². The second kappa shape index (κ2) is 7.64. The Bertz CT molecular complexity index is 1320. The van der Waals surface area contributed by atoms with Gasteiger partial charge in [0.05, 0.1) is 10.5 Å². The molecule has 3 aromatic rings. The molecule has 5 rings (SSSR count). The first-order valence-electron chi connectivity index (χ1n) is 9.41. The summed E-state index contributed by atoms with van der Waals surface area (Å²) < 4.78 is 2.09. The number of fused-ring (bicyclic) bond motifs is 1. The number of carbonyl (C=O) groups excluding carboxylic acids is 1. The number of aryl methyl sites for hydroxylation is 1. The Morgan fingerprint density at radius 1 is 1.16 bits per heavy atom. The number of hydrazone groups is 1. The highest BCUT2D eigenvalue weighted by atomic mass is 35.5. The van der Waals surface area contributed by atoms with E-state index in [1.165, 1.54) is 16.8 Å². The van der Waals surface area contributed by atoms with Crippen LogP contribution in [0.2, 0.25) is 5.02 Å². The van der Waals surface area contributed by atoms with Crippen LogP contribution in [-0.4, -0.2) is 31.5 Å². The van der Waals surface area contributed by atoms with Crippen LogP contribution in [0.5, 0.6) is 0 Å². The van der Waals surface area contributed by atoms with Crippen molar-refractivity contribution in [1.82, 2.24) is 9.58 Å². The predicted molar refractivity (Wildman–Crippen MR) is 129 cm³/mol. The van der Waals surface area contributed by atoms with Gasteiger partial charge in [0, 0.05) is 22.1 Å². The third kappa shape index (κ3) is 3.46. The van der Waals surface area contributed by atoms with E-state index in [2.05, 4.69) is 14.7 Å². The fourth-order valence-corrected chi connectivity index (χ4v) is 5.38. The minimum Gasteiger partial charge on any atom is -0.318 e. The van der Waals surface area contributed by atoms with Crippen LogP contribution in [0.3, 0.4) is 0 Å². The maximum Gasteiger partial charge on any atom is 0.283 e. The molecule has 0 saturated heterocycles. The standard InChI is InChI=1S/C22H16ClN5OS2/c1-12-10-14(13(2)27(12)16-7-5-15(23)6-8-16)11-17-19(24)28-22(25-20(17)29)31-21(26-28)18-4-3-9-30-18/h3-11,24H,1-2H3/b17-11+,24-19?. The van der Waals surface area contributed by atoms with Crippen LogP contribution >= 0.6 is 34.7 Å². The van der Waals surface area contributed by atoms with Crippen molar-refractivity contribution in [3.8, 4) is 5.69 Å². The number of aromatic nitrogens is 1. The van der Waals surface area contributed by atoms with E-state index >= 15 is 0 Å². The van der Waals surface area contributed by atoms with Crippen molar-refractivity contribution in [3.63, 3.8) is 0 Å². The first-order chi connectivity index (χ1) is 14.9. The highest BCUT2D eigenvalue weighted by molar-refractivity contribution is 8.27. The fourth-order valence-electron chi connectivity index (χ4n) is 3.57. The molecular formula is C22H16ClN5OS2. The first kappa shape index (κ1) is 20.0. The number of thiophene rings is 1. The molecule has 2 aromatic heterocycles. The van der Waals surface area contributed by atoms with Crippen molar-refractivity contribution in [1.29, 1.82) is 5.41 Å². The highest BCUT2D eigenvalue weighted by Gasteiger charge is 2.36. The number of aliphatic imine (C=N–C) groups is 1. The number of amides is 1. The largest absolute Gasteiger partial charge is 0.318 e. The Labute approximate surface area is 192 Å². The predicted octanol–water partition coefficient (Wildman–Crippen LogP) is 5.48. The Hall–Kier alpha value is -2.94. The van der Waals surface area contributed by atoms with Gasteiger partial charge in [-0.25, -0.2) is 0 Å². The van der Waals surface area contributed by atoms with Crippen molar-refractivity contribution in [2.45, 2.75) is 13.8 Å². The van der Waals surface area contributed by atoms with Gasteiger partial charge in [0.25, 0.3) is 5.91 Å². The van der Waals surface area contributed by atoms with Gasteiger partial charge in [-0.15, -0.1) is 11.3 Å². The summed E-state index contributed by atoms with van der Waals surface area (Å²) in [6, 6.07) is 13.5. The molecule has 0 saturated carbocycles. The molecule has 0 radical (unpaired) electrons. The van der Waals surface area contributed by atoms with Crippen molar-refractivity contribution >= 4 is 62.7 Å². The molecular weight excluding hydrogens is 450 g/mol. The molecule has 6 nitrogen and oxygen atoms in total. The van der Waals surface area contributed by atoms with Gasteiger partial charge in [-0.3, -0.25) is 10.2 Å². The molecule has 0 atom stereocenters. The number of carbonyl (C=O) groups is 1. The quantitative estimate of drug-likeness (QED) is 0.521. The summed E-state index contributed by atoms with van der Waals surface area (Å²) in [5.74, 6) is -0.395. The Morgan fingerprint density at radius 3 is 2.65 bits per heavy atom. The monoisotopic (exact) mass is 465 g/mol. The number of nitrogens with zero attached hydrogens (tertiary/aromatic N) is 4. The lowest BCUT2D eigenvalue weighted by atomic mass is 10.1. The highest BCUT2D eigenvalue weighted by Crippen LogP contribution is 2.33. The normalized spacial score (nSPS) is 17.3. The number of thioether (sulfide) groups is 1. The van der Waals surface area contributed by atoms with E-state index < -0.39 is 5.91 Å². The van der Waals surface area contributed by atoms with E-state index in [1.807, 2.05) is 61.7 Å². The number of amidine groups is 2. The molecule has 1 aromatic carbocycles. The summed E-state index contributed by atoms with van der Waals surface area (Å²) in [4.78, 5) is 17.9. The summed E-state index contributed by atoms with van der Waals surface area (Å²) in [5, 5.41) is 18.4. The molecule has 0 spiro atoms. The molecule has 31 heavy (non-hydrogen) atoms. The van der Waals surface area contributed by atoms with Crippen LogP contribution in [0.1, 0.15) is 21.8 Å². The number of benzene rings is 1. The van der Waals surface area contributed by atoms with Gasteiger partial charge < -0.3 is 4.57 Å². The Kier molecular flexibility index (Phi) is 4.92. The van der Waals surface area contributed by atoms with E-state index in [4.69, 9.17) is 17.0 Å². The fraction of sp³-hybridized carbons (Fsp3) is 0.0909.